The van der Waals surface area contributed by atoms with Crippen LogP contribution in [-0.4, -0.2) is 142 Å². The molecule has 0 bridgehead atoms. The fourth-order valence-electron chi connectivity index (χ4n) is 5.22. The second kappa shape index (κ2) is 15.0. The molecule has 3 fully saturated rings. The van der Waals surface area contributed by atoms with Crippen molar-refractivity contribution in [3.05, 3.63) is 0 Å². The maximum absolute atomic E-state index is 11.2. The summed E-state index contributed by atoms with van der Waals surface area (Å²) in [6.07, 6.45) is -11.7. The minimum atomic E-state index is -1.65. The van der Waals surface area contributed by atoms with E-state index in [1.807, 2.05) is 0 Å². The Kier molecular flexibility index (Phi) is 12.7. The topological polar surface area (TPSA) is 272 Å². The second-order valence-corrected chi connectivity index (χ2v) is 10.7. The van der Waals surface area contributed by atoms with Gasteiger partial charge in [0, 0.05) is 25.2 Å². The van der Waals surface area contributed by atoms with E-state index in [4.69, 9.17) is 46.6 Å². The third kappa shape index (κ3) is 7.82. The fraction of sp³-hybridized carbons (Fsp3) is 1.00. The van der Waals surface area contributed by atoms with Crippen molar-refractivity contribution < 1.29 is 54.3 Å². The molecule has 1 unspecified atom stereocenters. The molecule has 0 amide bonds. The van der Waals surface area contributed by atoms with E-state index >= 15 is 0 Å². The van der Waals surface area contributed by atoms with Crippen molar-refractivity contribution in [2.75, 3.05) is 19.8 Å². The molecule has 14 N–H and O–H groups in total. The lowest BCUT2D eigenvalue weighted by Gasteiger charge is -2.48. The third-order valence-electron chi connectivity index (χ3n) is 7.72. The van der Waals surface area contributed by atoms with E-state index in [9.17, 15) is 30.6 Å². The SMILES string of the molecule is CCCCCCOC[C@H]1OC(O[C@@H]2[C@@H](O)[C@H](O[C@H]3O[C@H](CN)[C@@H](O)[C@H](O)[C@H]3N)[C@@H](N)C[C@H]2N)[C@H](O)[C@@H](O)[C@@H]1O. The van der Waals surface area contributed by atoms with E-state index in [0.29, 0.717) is 6.61 Å². The van der Waals surface area contributed by atoms with Crippen molar-refractivity contribution in [3.63, 3.8) is 0 Å². The van der Waals surface area contributed by atoms with Crippen LogP contribution >= 0.6 is 0 Å². The first-order chi connectivity index (χ1) is 18.5. The molecule has 3 aliphatic rings. The Bertz CT molecular complexity index is 728. The summed E-state index contributed by atoms with van der Waals surface area (Å²) in [6.45, 7) is 2.39. The smallest absolute Gasteiger partial charge is 0.187 e. The van der Waals surface area contributed by atoms with Crippen LogP contribution < -0.4 is 22.9 Å². The Morgan fingerprint density at radius 1 is 0.692 bits per heavy atom. The van der Waals surface area contributed by atoms with Crippen LogP contribution in [0.2, 0.25) is 0 Å². The van der Waals surface area contributed by atoms with E-state index in [2.05, 4.69) is 6.92 Å². The summed E-state index contributed by atoms with van der Waals surface area (Å²) in [5.41, 5.74) is 24.0. The van der Waals surface area contributed by atoms with Gasteiger partial charge in [-0.2, -0.15) is 0 Å². The van der Waals surface area contributed by atoms with Gasteiger partial charge in [0.25, 0.3) is 0 Å². The van der Waals surface area contributed by atoms with E-state index in [1.165, 1.54) is 0 Å². The number of aliphatic hydroxyl groups is 6. The largest absolute Gasteiger partial charge is 0.388 e. The van der Waals surface area contributed by atoms with Gasteiger partial charge in [0.15, 0.2) is 12.6 Å². The highest BCUT2D eigenvalue weighted by molar-refractivity contribution is 5.01. The molecule has 2 aliphatic heterocycles. The van der Waals surface area contributed by atoms with Crippen molar-refractivity contribution in [3.8, 4) is 0 Å². The molecule has 0 radical (unpaired) electrons. The van der Waals surface area contributed by atoms with Crippen molar-refractivity contribution in [1.29, 1.82) is 0 Å². The van der Waals surface area contributed by atoms with Gasteiger partial charge in [0.1, 0.15) is 61.0 Å². The van der Waals surface area contributed by atoms with Crippen molar-refractivity contribution in [2.45, 2.75) is 131 Å². The molecule has 15 nitrogen and oxygen atoms in total. The summed E-state index contributed by atoms with van der Waals surface area (Å²) >= 11 is 0. The van der Waals surface area contributed by atoms with E-state index in [-0.39, 0.29) is 19.6 Å². The number of ether oxygens (including phenoxy) is 5. The maximum Gasteiger partial charge on any atom is 0.187 e. The van der Waals surface area contributed by atoms with Gasteiger partial charge in [0.2, 0.25) is 0 Å². The Labute approximate surface area is 228 Å². The first-order valence-corrected chi connectivity index (χ1v) is 13.8. The van der Waals surface area contributed by atoms with Gasteiger partial charge >= 0.3 is 0 Å². The molecule has 0 aromatic heterocycles. The highest BCUT2D eigenvalue weighted by atomic mass is 16.7. The predicted octanol–water partition coefficient (Wildman–Crippen LogP) is -4.69. The number of unbranched alkanes of at least 4 members (excludes halogenated alkanes) is 3. The zero-order chi connectivity index (χ0) is 28.9. The Morgan fingerprint density at radius 3 is 1.90 bits per heavy atom. The lowest BCUT2D eigenvalue weighted by molar-refractivity contribution is -0.332. The van der Waals surface area contributed by atoms with Crippen molar-refractivity contribution in [1.82, 2.24) is 0 Å². The third-order valence-corrected chi connectivity index (χ3v) is 7.72. The molecule has 3 rings (SSSR count). The summed E-state index contributed by atoms with van der Waals surface area (Å²) in [6, 6.07) is -2.77. The van der Waals surface area contributed by atoms with E-state index in [0.717, 1.165) is 25.7 Å². The molecule has 1 aliphatic carbocycles. The van der Waals surface area contributed by atoms with Crippen LogP contribution in [0.15, 0.2) is 0 Å². The van der Waals surface area contributed by atoms with Gasteiger partial charge in [-0.1, -0.05) is 26.2 Å². The number of aliphatic hydroxyl groups excluding tert-OH is 6. The Balaban J connectivity index is 1.64. The van der Waals surface area contributed by atoms with Gasteiger partial charge in [0.05, 0.1) is 12.6 Å². The maximum atomic E-state index is 11.2. The summed E-state index contributed by atoms with van der Waals surface area (Å²) in [5, 5.41) is 62.9. The molecule has 0 spiro atoms. The molecule has 15 heteroatoms. The Hall–Kier alpha value is -0.600. The van der Waals surface area contributed by atoms with Crippen LogP contribution in [0.25, 0.3) is 0 Å². The number of rotatable bonds is 12. The minimum Gasteiger partial charge on any atom is -0.388 e. The molecular weight excluding hydrogens is 520 g/mol. The van der Waals surface area contributed by atoms with Crippen LogP contribution in [0.5, 0.6) is 0 Å². The number of hydrogen-bond donors (Lipinski definition) is 10. The van der Waals surface area contributed by atoms with Gasteiger partial charge in [-0.25, -0.2) is 0 Å². The van der Waals surface area contributed by atoms with Crippen LogP contribution in [0.1, 0.15) is 39.0 Å². The molecule has 2 heterocycles. The minimum absolute atomic E-state index is 0.0415. The van der Waals surface area contributed by atoms with Gasteiger partial charge in [-0.05, 0) is 12.8 Å². The molecule has 1 saturated carbocycles. The lowest BCUT2D eigenvalue weighted by Crippen LogP contribution is -2.68. The summed E-state index contributed by atoms with van der Waals surface area (Å²) in [7, 11) is 0. The summed E-state index contributed by atoms with van der Waals surface area (Å²) in [4.78, 5) is 0. The molecule has 15 atom stereocenters. The summed E-state index contributed by atoms with van der Waals surface area (Å²) < 4.78 is 28.7. The Morgan fingerprint density at radius 2 is 1.28 bits per heavy atom. The average Bonchev–Trinajstić information content (AvgIpc) is 2.91. The van der Waals surface area contributed by atoms with E-state index in [1.54, 1.807) is 0 Å². The van der Waals surface area contributed by atoms with Crippen LogP contribution in [0.3, 0.4) is 0 Å². The molecule has 0 aromatic rings. The van der Waals surface area contributed by atoms with Crippen LogP contribution in [-0.2, 0) is 23.7 Å². The second-order valence-electron chi connectivity index (χ2n) is 10.7. The fourth-order valence-corrected chi connectivity index (χ4v) is 5.22. The first kappa shape index (κ1) is 32.9. The summed E-state index contributed by atoms with van der Waals surface area (Å²) in [5.74, 6) is 0. The zero-order valence-corrected chi connectivity index (χ0v) is 22.4. The van der Waals surface area contributed by atoms with E-state index < -0.39 is 91.7 Å². The highest BCUT2D eigenvalue weighted by Gasteiger charge is 2.51. The predicted molar refractivity (Wildman–Crippen MR) is 136 cm³/mol. The normalized spacial score (nSPS) is 47.3. The molecule has 0 aromatic carbocycles. The van der Waals surface area contributed by atoms with Gasteiger partial charge in [-0.3, -0.25) is 0 Å². The molecule has 2 saturated heterocycles. The standard InChI is InChI=1S/C24H48N4O11/c1-2-3-4-5-6-35-9-13-16(30)18(32)19(33)24(37-13)39-22-11(27)7-10(26)21(20(22)34)38-23-14(28)17(31)15(29)12(8-25)36-23/h10-24,29-34H,2-9,25-28H2,1H3/t10-,11+,12+,13+,14+,15+,16+,17+,18-,19+,20-,21+,22-,23+,24?/m0/s1. The number of nitrogens with two attached hydrogens (primary N) is 4. The highest BCUT2D eigenvalue weighted by Crippen LogP contribution is 2.31. The van der Waals surface area contributed by atoms with Crippen LogP contribution in [0.4, 0.5) is 0 Å². The zero-order valence-electron chi connectivity index (χ0n) is 22.4. The average molecular weight is 569 g/mol. The quantitative estimate of drug-likeness (QED) is 0.0991. The van der Waals surface area contributed by atoms with Crippen molar-refractivity contribution in [2.24, 2.45) is 22.9 Å². The number of hydrogen-bond acceptors (Lipinski definition) is 15. The van der Waals surface area contributed by atoms with Crippen LogP contribution in [0, 0.1) is 0 Å². The van der Waals surface area contributed by atoms with Gasteiger partial charge < -0.3 is 77.3 Å². The monoisotopic (exact) mass is 568 g/mol. The molecule has 230 valence electrons. The van der Waals surface area contributed by atoms with Gasteiger partial charge in [-0.15, -0.1) is 0 Å². The first-order valence-electron chi connectivity index (χ1n) is 13.8. The van der Waals surface area contributed by atoms with Crippen molar-refractivity contribution >= 4 is 0 Å². The lowest BCUT2D eigenvalue weighted by atomic mass is 9.84. The molecule has 39 heavy (non-hydrogen) atoms. The molecular formula is C24H48N4O11.